The molecule has 4 rings (SSSR count). The summed E-state index contributed by atoms with van der Waals surface area (Å²) in [7, 11) is 0. The summed E-state index contributed by atoms with van der Waals surface area (Å²) in [4.78, 5) is 30.0. The Balaban J connectivity index is 1.36. The van der Waals surface area contributed by atoms with Gasteiger partial charge in [0.25, 0.3) is 0 Å². The molecule has 0 bridgehead atoms. The van der Waals surface area contributed by atoms with Crippen LogP contribution in [0.15, 0.2) is 30.3 Å². The molecular formula is C22H30N2O3. The molecule has 2 saturated heterocycles. The molecule has 2 heterocycles. The number of piperidine rings is 1. The first kappa shape index (κ1) is 18.5. The van der Waals surface area contributed by atoms with Crippen molar-refractivity contribution in [2.75, 3.05) is 32.8 Å². The first-order valence-electron chi connectivity index (χ1n) is 10.4. The van der Waals surface area contributed by atoms with Crippen LogP contribution < -0.4 is 0 Å². The number of likely N-dealkylation sites (tertiary alicyclic amines) is 1. The zero-order valence-electron chi connectivity index (χ0n) is 16.0. The second-order valence-electron chi connectivity index (χ2n) is 8.29. The molecule has 0 spiro atoms. The second kappa shape index (κ2) is 8.42. The Morgan fingerprint density at radius 2 is 1.93 bits per heavy atom. The minimum Gasteiger partial charge on any atom is -0.381 e. The predicted molar refractivity (Wildman–Crippen MR) is 103 cm³/mol. The number of rotatable bonds is 6. The minimum atomic E-state index is -0.0404. The molecule has 2 amide bonds. The van der Waals surface area contributed by atoms with Crippen LogP contribution in [0.1, 0.15) is 37.7 Å². The number of hydrogen-bond acceptors (Lipinski definition) is 3. The standard InChI is InChI=1S/C22H30N2O3/c25-21(13-17-5-2-1-3-6-17)23-11-4-7-19(15-23)22(26)24(20-8-9-20)14-18-10-12-27-16-18/h1-3,5-6,18-20H,4,7-16H2/t18-,19+/m1/s1. The van der Waals surface area contributed by atoms with E-state index in [4.69, 9.17) is 4.74 Å². The van der Waals surface area contributed by atoms with Crippen LogP contribution >= 0.6 is 0 Å². The van der Waals surface area contributed by atoms with E-state index >= 15 is 0 Å². The Morgan fingerprint density at radius 1 is 1.11 bits per heavy atom. The summed E-state index contributed by atoms with van der Waals surface area (Å²) >= 11 is 0. The normalized spacial score (nSPS) is 25.4. The molecule has 3 fully saturated rings. The fourth-order valence-electron chi connectivity index (χ4n) is 4.33. The maximum atomic E-state index is 13.2. The van der Waals surface area contributed by atoms with Crippen LogP contribution in [0.5, 0.6) is 0 Å². The van der Waals surface area contributed by atoms with Gasteiger partial charge in [-0.3, -0.25) is 9.59 Å². The van der Waals surface area contributed by atoms with Gasteiger partial charge < -0.3 is 14.5 Å². The summed E-state index contributed by atoms with van der Waals surface area (Å²) in [6.07, 6.45) is 5.56. The predicted octanol–water partition coefficient (Wildman–Crippen LogP) is 2.50. The fourth-order valence-corrected chi connectivity index (χ4v) is 4.33. The number of nitrogens with zero attached hydrogens (tertiary/aromatic N) is 2. The Hall–Kier alpha value is -1.88. The lowest BCUT2D eigenvalue weighted by atomic mass is 9.95. The van der Waals surface area contributed by atoms with Crippen molar-refractivity contribution >= 4 is 11.8 Å². The van der Waals surface area contributed by atoms with Crippen molar-refractivity contribution < 1.29 is 14.3 Å². The van der Waals surface area contributed by atoms with Crippen LogP contribution in [0, 0.1) is 11.8 Å². The third-order valence-corrected chi connectivity index (χ3v) is 6.07. The quantitative estimate of drug-likeness (QED) is 0.773. The average molecular weight is 370 g/mol. The molecule has 3 aliphatic rings. The fraction of sp³-hybridized carbons (Fsp3) is 0.636. The zero-order valence-corrected chi connectivity index (χ0v) is 16.0. The Kier molecular flexibility index (Phi) is 5.77. The monoisotopic (exact) mass is 370 g/mol. The van der Waals surface area contributed by atoms with Gasteiger partial charge in [-0.1, -0.05) is 30.3 Å². The van der Waals surface area contributed by atoms with Gasteiger partial charge in [-0.15, -0.1) is 0 Å². The lowest BCUT2D eigenvalue weighted by molar-refractivity contribution is -0.141. The molecule has 27 heavy (non-hydrogen) atoms. The zero-order chi connectivity index (χ0) is 18.6. The van der Waals surface area contributed by atoms with E-state index < -0.39 is 0 Å². The van der Waals surface area contributed by atoms with Gasteiger partial charge in [0.15, 0.2) is 0 Å². The molecule has 1 aromatic carbocycles. The lowest BCUT2D eigenvalue weighted by Gasteiger charge is -2.36. The molecule has 5 heteroatoms. The number of benzene rings is 1. The maximum absolute atomic E-state index is 13.2. The van der Waals surface area contributed by atoms with E-state index in [2.05, 4.69) is 4.90 Å². The molecule has 146 valence electrons. The smallest absolute Gasteiger partial charge is 0.227 e. The van der Waals surface area contributed by atoms with E-state index in [-0.39, 0.29) is 17.7 Å². The van der Waals surface area contributed by atoms with Gasteiger partial charge in [0, 0.05) is 38.2 Å². The highest BCUT2D eigenvalue weighted by atomic mass is 16.5. The summed E-state index contributed by atoms with van der Waals surface area (Å²) in [5.74, 6) is 0.845. The molecule has 0 unspecified atom stereocenters. The number of amides is 2. The Bertz CT molecular complexity index is 653. The van der Waals surface area contributed by atoms with Gasteiger partial charge >= 0.3 is 0 Å². The lowest BCUT2D eigenvalue weighted by Crippen LogP contribution is -2.48. The van der Waals surface area contributed by atoms with Gasteiger partial charge in [0.2, 0.25) is 11.8 Å². The van der Waals surface area contributed by atoms with Crippen molar-refractivity contribution in [2.45, 2.75) is 44.6 Å². The number of hydrogen-bond donors (Lipinski definition) is 0. The number of ether oxygens (including phenoxy) is 1. The van der Waals surface area contributed by atoms with E-state index in [0.717, 1.165) is 64.0 Å². The van der Waals surface area contributed by atoms with Crippen molar-refractivity contribution in [2.24, 2.45) is 11.8 Å². The Labute approximate surface area is 161 Å². The van der Waals surface area contributed by atoms with Crippen LogP contribution in [0.3, 0.4) is 0 Å². The molecule has 5 nitrogen and oxygen atoms in total. The summed E-state index contributed by atoms with van der Waals surface area (Å²) < 4.78 is 5.50. The van der Waals surface area contributed by atoms with Gasteiger partial charge in [0.1, 0.15) is 0 Å². The van der Waals surface area contributed by atoms with Crippen molar-refractivity contribution in [3.63, 3.8) is 0 Å². The molecule has 0 aromatic heterocycles. The Morgan fingerprint density at radius 3 is 2.63 bits per heavy atom. The summed E-state index contributed by atoms with van der Waals surface area (Å²) in [5, 5.41) is 0. The van der Waals surface area contributed by atoms with E-state index in [1.54, 1.807) is 0 Å². The third kappa shape index (κ3) is 4.70. The van der Waals surface area contributed by atoms with Crippen LogP contribution in [0.2, 0.25) is 0 Å². The van der Waals surface area contributed by atoms with E-state index in [1.807, 2.05) is 35.2 Å². The molecule has 2 atom stereocenters. The summed E-state index contributed by atoms with van der Waals surface area (Å²) in [5.41, 5.74) is 1.04. The number of carbonyl (C=O) groups excluding carboxylic acids is 2. The molecular weight excluding hydrogens is 340 g/mol. The van der Waals surface area contributed by atoms with Crippen molar-refractivity contribution in [1.29, 1.82) is 0 Å². The SMILES string of the molecule is O=C(Cc1ccccc1)N1CCC[C@H](C(=O)N(C[C@H]2CCOC2)C2CC2)C1. The third-order valence-electron chi connectivity index (χ3n) is 6.07. The molecule has 1 saturated carbocycles. The summed E-state index contributed by atoms with van der Waals surface area (Å²) in [6, 6.07) is 10.3. The first-order valence-corrected chi connectivity index (χ1v) is 10.4. The van der Waals surface area contributed by atoms with Crippen LogP contribution in [0.25, 0.3) is 0 Å². The van der Waals surface area contributed by atoms with Crippen molar-refractivity contribution in [3.05, 3.63) is 35.9 Å². The van der Waals surface area contributed by atoms with Crippen LogP contribution in [0.4, 0.5) is 0 Å². The first-order chi connectivity index (χ1) is 13.2. The van der Waals surface area contributed by atoms with E-state index in [0.29, 0.717) is 24.9 Å². The molecule has 0 N–H and O–H groups in total. The van der Waals surface area contributed by atoms with E-state index in [9.17, 15) is 9.59 Å². The van der Waals surface area contributed by atoms with Gasteiger partial charge in [-0.05, 0) is 37.7 Å². The highest BCUT2D eigenvalue weighted by Crippen LogP contribution is 2.32. The molecule has 1 aliphatic carbocycles. The molecule has 0 radical (unpaired) electrons. The largest absolute Gasteiger partial charge is 0.381 e. The van der Waals surface area contributed by atoms with Gasteiger partial charge in [-0.25, -0.2) is 0 Å². The minimum absolute atomic E-state index is 0.0404. The van der Waals surface area contributed by atoms with E-state index in [1.165, 1.54) is 0 Å². The van der Waals surface area contributed by atoms with Crippen LogP contribution in [-0.4, -0.2) is 60.5 Å². The van der Waals surface area contributed by atoms with Crippen molar-refractivity contribution in [3.8, 4) is 0 Å². The maximum Gasteiger partial charge on any atom is 0.227 e. The van der Waals surface area contributed by atoms with Crippen molar-refractivity contribution in [1.82, 2.24) is 9.80 Å². The topological polar surface area (TPSA) is 49.9 Å². The number of carbonyl (C=O) groups is 2. The van der Waals surface area contributed by atoms with Gasteiger partial charge in [-0.2, -0.15) is 0 Å². The summed E-state index contributed by atoms with van der Waals surface area (Å²) in [6.45, 7) is 3.79. The highest BCUT2D eigenvalue weighted by molar-refractivity contribution is 5.82. The second-order valence-corrected chi connectivity index (χ2v) is 8.29. The molecule has 2 aliphatic heterocycles. The average Bonchev–Trinajstić information content (AvgIpc) is 3.42. The van der Waals surface area contributed by atoms with Crippen LogP contribution in [-0.2, 0) is 20.7 Å². The highest BCUT2D eigenvalue weighted by Gasteiger charge is 2.39. The molecule has 1 aromatic rings. The van der Waals surface area contributed by atoms with Gasteiger partial charge in [0.05, 0.1) is 18.9 Å².